The fraction of sp³-hybridized carbons (Fsp3) is 0.400. The van der Waals surface area contributed by atoms with Gasteiger partial charge in [0.25, 0.3) is 0 Å². The van der Waals surface area contributed by atoms with Crippen LogP contribution in [0.25, 0.3) is 0 Å². The summed E-state index contributed by atoms with van der Waals surface area (Å²) in [6.45, 7) is 2.85. The van der Waals surface area contributed by atoms with Crippen molar-refractivity contribution in [2.45, 2.75) is 13.8 Å². The van der Waals surface area contributed by atoms with E-state index < -0.39 is 0 Å². The number of rotatable bonds is 1. The van der Waals surface area contributed by atoms with Crippen LogP contribution in [0.15, 0.2) is 11.8 Å². The van der Waals surface area contributed by atoms with Crippen LogP contribution in [0, 0.1) is 0 Å². The van der Waals surface area contributed by atoms with Crippen LogP contribution >= 0.6 is 19.4 Å². The molecule has 10 heavy (non-hydrogen) atoms. The summed E-state index contributed by atoms with van der Waals surface area (Å²) in [5.41, 5.74) is 0. The number of hydrogen-bond acceptors (Lipinski definition) is 2. The molecule has 0 spiro atoms. The maximum atomic E-state index is 10.0. The van der Waals surface area contributed by atoms with Gasteiger partial charge >= 0.3 is 34.5 Å². The van der Waals surface area contributed by atoms with E-state index in [9.17, 15) is 4.79 Å². The molecule has 0 amide bonds. The predicted octanol–water partition coefficient (Wildman–Crippen LogP) is 2.41. The van der Waals surface area contributed by atoms with Crippen molar-refractivity contribution in [2.24, 2.45) is 0 Å². The zero-order valence-corrected chi connectivity index (χ0v) is 8.79. The molecule has 0 heterocycles. The Morgan fingerprint density at radius 2 is 1.80 bits per heavy atom. The number of allylic oxidation sites excluding steroid dienone is 2. The first-order chi connectivity index (χ1) is 4.54. The van der Waals surface area contributed by atoms with Crippen LogP contribution < -0.4 is 0 Å². The molecule has 5 heteroatoms. The van der Waals surface area contributed by atoms with Gasteiger partial charge in [0, 0.05) is 6.08 Å². The van der Waals surface area contributed by atoms with Crippen LogP contribution in [0.1, 0.15) is 13.8 Å². The van der Waals surface area contributed by atoms with E-state index in [1.54, 1.807) is 0 Å². The van der Waals surface area contributed by atoms with Crippen molar-refractivity contribution in [3.8, 4) is 0 Å². The Morgan fingerprint density at radius 1 is 1.50 bits per heavy atom. The summed E-state index contributed by atoms with van der Waals surface area (Å²) in [7, 11) is 9.71. The standard InChI is InChI=1S/C5H8O2.2ClH.Ru/c1-4(6)3-5(2)7;;;/h3,6H,1-2H3;2*1H;/q;;;+2/p-2/b4-3-;;;. The molecule has 0 aromatic rings. The first-order valence-corrected chi connectivity index (χ1v) is 6.75. The Morgan fingerprint density at radius 3 is 1.80 bits per heavy atom. The second-order valence-corrected chi connectivity index (χ2v) is 4.09. The normalized spacial score (nSPS) is 10.2. The number of carbonyl (C=O) groups excluding carboxylic acids is 1. The average molecular weight is 272 g/mol. The van der Waals surface area contributed by atoms with Gasteiger partial charge in [-0.2, -0.15) is 0 Å². The molecule has 0 atom stereocenters. The van der Waals surface area contributed by atoms with E-state index in [-0.39, 0.29) is 26.7 Å². The van der Waals surface area contributed by atoms with Gasteiger partial charge < -0.3 is 5.11 Å². The van der Waals surface area contributed by atoms with Crippen LogP contribution in [0.2, 0.25) is 0 Å². The molecule has 0 radical (unpaired) electrons. The summed E-state index contributed by atoms with van der Waals surface area (Å²) in [5.74, 6) is -0.0625. The molecule has 0 aliphatic carbocycles. The Kier molecular flexibility index (Phi) is 12.3. The van der Waals surface area contributed by atoms with Crippen LogP contribution in [0.5, 0.6) is 0 Å². The molecule has 62 valence electrons. The first-order valence-electron chi connectivity index (χ1n) is 2.27. The van der Waals surface area contributed by atoms with E-state index >= 15 is 0 Å². The van der Waals surface area contributed by atoms with E-state index in [0.29, 0.717) is 0 Å². The summed E-state index contributed by atoms with van der Waals surface area (Å²) < 4.78 is 0. The molecule has 0 fully saturated rings. The molecule has 0 aliphatic heterocycles. The van der Waals surface area contributed by atoms with Gasteiger partial charge in [0.2, 0.25) is 0 Å². The third-order valence-electron chi connectivity index (χ3n) is 0.412. The minimum atomic E-state index is -0.346. The van der Waals surface area contributed by atoms with Crippen LogP contribution in [0.4, 0.5) is 0 Å². The maximum absolute atomic E-state index is 10.0. The third-order valence-corrected chi connectivity index (χ3v) is 0.412. The van der Waals surface area contributed by atoms with Gasteiger partial charge in [0.15, 0.2) is 5.78 Å². The Balaban J connectivity index is 0. The molecular formula is C5H8Cl2O2Ru. The average Bonchev–Trinajstić information content (AvgIpc) is 1.62. The fourth-order valence-electron chi connectivity index (χ4n) is 0.294. The molecule has 0 saturated heterocycles. The van der Waals surface area contributed by atoms with E-state index in [1.165, 1.54) is 19.9 Å². The monoisotopic (exact) mass is 272 g/mol. The molecule has 0 aromatic heterocycles. The number of aliphatic hydroxyl groups is 1. The van der Waals surface area contributed by atoms with Gasteiger partial charge in [0.1, 0.15) is 0 Å². The number of ketones is 1. The van der Waals surface area contributed by atoms with Crippen molar-refractivity contribution in [3.05, 3.63) is 11.8 Å². The summed E-state index contributed by atoms with van der Waals surface area (Å²) in [6, 6.07) is 0. The van der Waals surface area contributed by atoms with Crippen molar-refractivity contribution in [1.29, 1.82) is 0 Å². The van der Waals surface area contributed by atoms with E-state index in [2.05, 4.69) is 0 Å². The number of carbonyl (C=O) groups is 1. The second-order valence-electron chi connectivity index (χ2n) is 1.45. The SMILES string of the molecule is CC(=O)/C=C(/C)O.[Cl][Ru][Cl]. The number of hydrogen-bond donors (Lipinski definition) is 1. The van der Waals surface area contributed by atoms with Gasteiger partial charge in [-0.25, -0.2) is 0 Å². The van der Waals surface area contributed by atoms with Gasteiger partial charge in [-0.3, -0.25) is 4.79 Å². The Hall–Kier alpha value is 0.413. The predicted molar refractivity (Wildman–Crippen MR) is 38.8 cm³/mol. The van der Waals surface area contributed by atoms with Gasteiger partial charge in [-0.15, -0.1) is 0 Å². The summed E-state index contributed by atoms with van der Waals surface area (Å²) in [6.07, 6.45) is 1.17. The molecule has 1 N–H and O–H groups in total. The zero-order valence-electron chi connectivity index (χ0n) is 5.54. The molecule has 0 rings (SSSR count). The van der Waals surface area contributed by atoms with Crippen LogP contribution in [0.3, 0.4) is 0 Å². The molecule has 0 bridgehead atoms. The first kappa shape index (κ1) is 13.0. The minimum absolute atomic E-state index is 0.0625. The second kappa shape index (κ2) is 9.41. The van der Waals surface area contributed by atoms with Gasteiger partial charge in [-0.05, 0) is 13.8 Å². The summed E-state index contributed by atoms with van der Waals surface area (Å²) in [5, 5.41) is 8.36. The summed E-state index contributed by atoms with van der Waals surface area (Å²) in [4.78, 5) is 10.0. The number of halogens is 2. The molecule has 2 nitrogen and oxygen atoms in total. The molecule has 0 aliphatic rings. The van der Waals surface area contributed by atoms with Crippen molar-refractivity contribution in [1.82, 2.24) is 0 Å². The molecular weight excluding hydrogens is 264 g/mol. The third kappa shape index (κ3) is 23.7. The molecule has 0 unspecified atom stereocenters. The van der Waals surface area contributed by atoms with E-state index in [0.717, 1.165) is 0 Å². The van der Waals surface area contributed by atoms with Crippen molar-refractivity contribution < 1.29 is 25.0 Å². The van der Waals surface area contributed by atoms with Crippen molar-refractivity contribution in [2.75, 3.05) is 0 Å². The van der Waals surface area contributed by atoms with E-state index in [4.69, 9.17) is 24.5 Å². The summed E-state index contributed by atoms with van der Waals surface area (Å²) >= 11 is -0.346. The van der Waals surface area contributed by atoms with Crippen molar-refractivity contribution in [3.63, 3.8) is 0 Å². The quantitative estimate of drug-likeness (QED) is 0.452. The van der Waals surface area contributed by atoms with Crippen LogP contribution in [-0.4, -0.2) is 10.9 Å². The number of aliphatic hydroxyl groups excluding tert-OH is 1. The Bertz CT molecular complexity index is 121. The van der Waals surface area contributed by atoms with Gasteiger partial charge in [-0.1, -0.05) is 0 Å². The fourth-order valence-corrected chi connectivity index (χ4v) is 0.294. The molecule has 0 aromatic carbocycles. The Labute approximate surface area is 75.9 Å². The molecule has 0 saturated carbocycles. The topological polar surface area (TPSA) is 37.3 Å². The zero-order chi connectivity index (χ0) is 8.57. The van der Waals surface area contributed by atoms with Gasteiger partial charge in [0.05, 0.1) is 5.76 Å². The van der Waals surface area contributed by atoms with Crippen LogP contribution in [-0.2, 0) is 19.9 Å². The van der Waals surface area contributed by atoms with Crippen molar-refractivity contribution >= 4 is 25.2 Å². The van der Waals surface area contributed by atoms with E-state index in [1.807, 2.05) is 0 Å².